The highest BCUT2D eigenvalue weighted by molar-refractivity contribution is 5.90. The van der Waals surface area contributed by atoms with Crippen molar-refractivity contribution in [2.45, 2.75) is 31.0 Å². The van der Waals surface area contributed by atoms with E-state index in [0.29, 0.717) is 12.5 Å². The van der Waals surface area contributed by atoms with Gasteiger partial charge in [0.05, 0.1) is 24.5 Å². The molecule has 2 bridgehead atoms. The third kappa shape index (κ3) is 3.08. The number of fused-ring (bicyclic) bond motifs is 1. The van der Waals surface area contributed by atoms with Crippen molar-refractivity contribution < 1.29 is 14.4 Å². The topological polar surface area (TPSA) is 97.9 Å². The first-order chi connectivity index (χ1) is 14.0. The van der Waals surface area contributed by atoms with Crippen molar-refractivity contribution in [3.05, 3.63) is 24.5 Å². The van der Waals surface area contributed by atoms with Gasteiger partial charge >= 0.3 is 6.03 Å². The van der Waals surface area contributed by atoms with Crippen molar-refractivity contribution in [2.24, 2.45) is 11.8 Å². The second-order valence-electron chi connectivity index (χ2n) is 8.61. The summed E-state index contributed by atoms with van der Waals surface area (Å²) < 4.78 is 0. The highest BCUT2D eigenvalue weighted by Gasteiger charge is 2.55. The van der Waals surface area contributed by atoms with Gasteiger partial charge in [-0.2, -0.15) is 0 Å². The van der Waals surface area contributed by atoms with Gasteiger partial charge in [-0.1, -0.05) is 0 Å². The first-order valence-electron chi connectivity index (χ1n) is 10.3. The average molecular weight is 398 g/mol. The van der Waals surface area contributed by atoms with E-state index < -0.39 is 6.04 Å². The Morgan fingerprint density at radius 3 is 2.72 bits per heavy atom. The number of likely N-dealkylation sites (N-methyl/N-ethyl adjacent to an activating group) is 1. The molecule has 154 valence electrons. The number of nitrogens with one attached hydrogen (secondary N) is 2. The molecule has 1 aliphatic carbocycles. The summed E-state index contributed by atoms with van der Waals surface area (Å²) in [5.41, 5.74) is 1.11. The minimum atomic E-state index is -0.514. The molecule has 0 aromatic carbocycles. The molecular weight excluding hydrogens is 372 g/mol. The Hall–Kier alpha value is -2.84. The van der Waals surface area contributed by atoms with E-state index >= 15 is 0 Å². The molecule has 5 atom stereocenters. The minimum absolute atomic E-state index is 0.00152. The monoisotopic (exact) mass is 398 g/mol. The molecule has 2 N–H and O–H groups in total. The summed E-state index contributed by atoms with van der Waals surface area (Å²) in [5.74, 6) is 0.378. The lowest BCUT2D eigenvalue weighted by molar-refractivity contribution is -0.136. The van der Waals surface area contributed by atoms with E-state index in [1.165, 1.54) is 4.90 Å². The Balaban J connectivity index is 1.17. The molecule has 1 aromatic heterocycles. The summed E-state index contributed by atoms with van der Waals surface area (Å²) in [4.78, 5) is 47.0. The number of hydrogen-bond donors (Lipinski definition) is 2. The largest absolute Gasteiger partial charge is 0.371 e. The number of amides is 4. The van der Waals surface area contributed by atoms with Gasteiger partial charge in [-0.25, -0.2) is 4.79 Å². The Morgan fingerprint density at radius 2 is 2.00 bits per heavy atom. The summed E-state index contributed by atoms with van der Waals surface area (Å²) in [6, 6.07) is 3.31. The maximum absolute atomic E-state index is 13.1. The molecule has 2 unspecified atom stereocenters. The summed E-state index contributed by atoms with van der Waals surface area (Å²) in [6.45, 7) is 2.70. The molecule has 9 heteroatoms. The zero-order chi connectivity index (χ0) is 20.1. The van der Waals surface area contributed by atoms with Crippen LogP contribution in [0.3, 0.4) is 0 Å². The third-order valence-corrected chi connectivity index (χ3v) is 6.87. The summed E-state index contributed by atoms with van der Waals surface area (Å²) in [5, 5.41) is 5.77. The highest BCUT2D eigenvalue weighted by Crippen LogP contribution is 2.42. The van der Waals surface area contributed by atoms with Crippen LogP contribution in [0.5, 0.6) is 0 Å². The van der Waals surface area contributed by atoms with Crippen LogP contribution in [0.4, 0.5) is 10.5 Å². The lowest BCUT2D eigenvalue weighted by Gasteiger charge is -2.37. The summed E-state index contributed by atoms with van der Waals surface area (Å²) >= 11 is 0. The maximum Gasteiger partial charge on any atom is 0.317 e. The first kappa shape index (κ1) is 18.2. The van der Waals surface area contributed by atoms with Crippen LogP contribution in [-0.2, 0) is 9.59 Å². The Bertz CT molecular complexity index is 833. The Kier molecular flexibility index (Phi) is 4.33. The van der Waals surface area contributed by atoms with E-state index in [-0.39, 0.29) is 35.8 Å². The van der Waals surface area contributed by atoms with Gasteiger partial charge in [0.2, 0.25) is 11.8 Å². The molecule has 5 fully saturated rings. The quantitative estimate of drug-likeness (QED) is 0.722. The first-order valence-corrected chi connectivity index (χ1v) is 10.3. The van der Waals surface area contributed by atoms with Gasteiger partial charge in [-0.15, -0.1) is 0 Å². The molecule has 5 heterocycles. The van der Waals surface area contributed by atoms with E-state index in [2.05, 4.69) is 20.5 Å². The second kappa shape index (κ2) is 6.89. The van der Waals surface area contributed by atoms with Gasteiger partial charge in [-0.05, 0) is 25.0 Å². The van der Waals surface area contributed by atoms with Crippen LogP contribution in [-0.4, -0.2) is 84.0 Å². The zero-order valence-electron chi connectivity index (χ0n) is 16.5. The van der Waals surface area contributed by atoms with Crippen molar-refractivity contribution in [1.82, 2.24) is 25.4 Å². The average Bonchev–Trinajstić information content (AvgIpc) is 3.50. The number of carbonyl (C=O) groups is 3. The number of rotatable bonds is 4. The molecule has 9 nitrogen and oxygen atoms in total. The van der Waals surface area contributed by atoms with Crippen LogP contribution >= 0.6 is 0 Å². The zero-order valence-corrected chi connectivity index (χ0v) is 16.5. The Labute approximate surface area is 169 Å². The standard InChI is InChI=1S/C20H26N6O3/c1-24-11-15(22-20(24)29)18(27)23-17-13-8-16(17)26(10-13)19(28)12-4-7-25(9-12)14-2-5-21-6-3-14/h2-3,5-6,12-13,15-17H,4,7-11H2,1H3,(H,22,29)(H,23,27)/t12?,13-,15?,16-,17+/m0/s1. The fourth-order valence-corrected chi connectivity index (χ4v) is 5.15. The molecule has 4 aliphatic heterocycles. The van der Waals surface area contributed by atoms with E-state index in [1.807, 2.05) is 17.0 Å². The van der Waals surface area contributed by atoms with Crippen molar-refractivity contribution in [3.63, 3.8) is 0 Å². The van der Waals surface area contributed by atoms with Crippen LogP contribution < -0.4 is 15.5 Å². The molecular formula is C20H26N6O3. The molecule has 1 aromatic rings. The number of anilines is 1. The fourth-order valence-electron chi connectivity index (χ4n) is 5.15. The van der Waals surface area contributed by atoms with Crippen molar-refractivity contribution in [3.8, 4) is 0 Å². The fraction of sp³-hybridized carbons (Fsp3) is 0.600. The van der Waals surface area contributed by atoms with Gasteiger partial charge < -0.3 is 25.3 Å². The normalized spacial score (nSPS) is 32.9. The van der Waals surface area contributed by atoms with Gasteiger partial charge in [0.1, 0.15) is 6.04 Å². The number of nitrogens with zero attached hydrogens (tertiary/aromatic N) is 4. The predicted octanol–water partition coefficient (Wildman–Crippen LogP) is -0.353. The summed E-state index contributed by atoms with van der Waals surface area (Å²) in [6.07, 6.45) is 5.36. The van der Waals surface area contributed by atoms with Crippen LogP contribution in [0.15, 0.2) is 24.5 Å². The number of pyridine rings is 1. The Morgan fingerprint density at radius 1 is 1.21 bits per heavy atom. The number of hydrogen-bond acceptors (Lipinski definition) is 5. The highest BCUT2D eigenvalue weighted by atomic mass is 16.2. The summed E-state index contributed by atoms with van der Waals surface area (Å²) in [7, 11) is 1.67. The molecule has 5 aliphatic rings. The molecule has 6 rings (SSSR count). The number of carbonyl (C=O) groups excluding carboxylic acids is 3. The number of urea groups is 1. The van der Waals surface area contributed by atoms with Crippen molar-refractivity contribution >= 4 is 23.5 Å². The van der Waals surface area contributed by atoms with Crippen molar-refractivity contribution in [2.75, 3.05) is 38.1 Å². The van der Waals surface area contributed by atoms with Gasteiger partial charge in [0.25, 0.3) is 0 Å². The SMILES string of the molecule is CN1CC(C(=O)N[C@@H]2[C@H]3C[C@@H]2N(C(=O)C2CCN(c4ccncc4)C2)C3)NC1=O. The molecule has 4 saturated heterocycles. The van der Waals surface area contributed by atoms with Gasteiger partial charge in [0, 0.05) is 50.7 Å². The lowest BCUT2D eigenvalue weighted by atomic mass is 9.79. The van der Waals surface area contributed by atoms with E-state index in [1.54, 1.807) is 19.4 Å². The third-order valence-electron chi connectivity index (χ3n) is 6.87. The van der Waals surface area contributed by atoms with Crippen LogP contribution in [0.2, 0.25) is 0 Å². The van der Waals surface area contributed by atoms with Crippen molar-refractivity contribution in [1.29, 1.82) is 0 Å². The molecule has 29 heavy (non-hydrogen) atoms. The van der Waals surface area contributed by atoms with Crippen LogP contribution in [0.25, 0.3) is 0 Å². The van der Waals surface area contributed by atoms with E-state index in [4.69, 9.17) is 0 Å². The smallest absolute Gasteiger partial charge is 0.317 e. The molecule has 0 radical (unpaired) electrons. The molecule has 4 amide bonds. The number of aromatic nitrogens is 1. The molecule has 0 spiro atoms. The van der Waals surface area contributed by atoms with Gasteiger partial charge in [-0.3, -0.25) is 14.6 Å². The maximum atomic E-state index is 13.1. The minimum Gasteiger partial charge on any atom is -0.371 e. The van der Waals surface area contributed by atoms with Gasteiger partial charge in [0.15, 0.2) is 0 Å². The van der Waals surface area contributed by atoms with Crippen LogP contribution in [0, 0.1) is 11.8 Å². The second-order valence-corrected chi connectivity index (χ2v) is 8.61. The lowest BCUT2D eigenvalue weighted by Crippen LogP contribution is -2.58. The van der Waals surface area contributed by atoms with E-state index in [0.717, 1.165) is 38.2 Å². The van der Waals surface area contributed by atoms with Crippen LogP contribution in [0.1, 0.15) is 12.8 Å². The predicted molar refractivity (Wildman–Crippen MR) is 105 cm³/mol. The van der Waals surface area contributed by atoms with E-state index in [9.17, 15) is 14.4 Å². The molecule has 1 saturated carbocycles.